The van der Waals surface area contributed by atoms with E-state index in [4.69, 9.17) is 4.74 Å². The SMILES string of the molecule is CCCNc1nnc(C(=O)NCC2CCOC2CC)s1. The summed E-state index contributed by atoms with van der Waals surface area (Å²) in [6, 6.07) is 0. The fraction of sp³-hybridized carbons (Fsp3) is 0.769. The number of carbonyl (C=O) groups is 1. The Labute approximate surface area is 123 Å². The Hall–Kier alpha value is -1.21. The van der Waals surface area contributed by atoms with Crippen molar-refractivity contribution in [1.82, 2.24) is 15.5 Å². The Morgan fingerprint density at radius 3 is 3.05 bits per heavy atom. The van der Waals surface area contributed by atoms with E-state index in [2.05, 4.69) is 34.7 Å². The van der Waals surface area contributed by atoms with Crippen LogP contribution in [0.25, 0.3) is 0 Å². The van der Waals surface area contributed by atoms with Crippen LogP contribution in [-0.4, -0.2) is 41.9 Å². The van der Waals surface area contributed by atoms with Gasteiger partial charge < -0.3 is 15.4 Å². The second-order valence-corrected chi connectivity index (χ2v) is 5.89. The molecule has 1 fully saturated rings. The number of hydrogen-bond acceptors (Lipinski definition) is 6. The summed E-state index contributed by atoms with van der Waals surface area (Å²) < 4.78 is 5.61. The maximum atomic E-state index is 12.0. The Bertz CT molecular complexity index is 438. The molecule has 1 saturated heterocycles. The van der Waals surface area contributed by atoms with Crippen LogP contribution in [0.3, 0.4) is 0 Å². The van der Waals surface area contributed by atoms with E-state index in [1.165, 1.54) is 11.3 Å². The lowest BCUT2D eigenvalue weighted by Gasteiger charge is -2.16. The third-order valence-electron chi connectivity index (χ3n) is 3.42. The number of nitrogens with zero attached hydrogens (tertiary/aromatic N) is 2. The van der Waals surface area contributed by atoms with Gasteiger partial charge in [-0.05, 0) is 19.3 Å². The minimum Gasteiger partial charge on any atom is -0.378 e. The van der Waals surface area contributed by atoms with Crippen molar-refractivity contribution in [3.63, 3.8) is 0 Å². The standard InChI is InChI=1S/C13H22N4O2S/c1-3-6-14-13-17-16-12(20-13)11(18)15-8-9-5-7-19-10(9)4-2/h9-10H,3-8H2,1-2H3,(H,14,17)(H,15,18). The van der Waals surface area contributed by atoms with Gasteiger partial charge in [0.2, 0.25) is 10.1 Å². The predicted octanol–water partition coefficient (Wildman–Crippen LogP) is 1.90. The zero-order valence-electron chi connectivity index (χ0n) is 12.0. The topological polar surface area (TPSA) is 76.1 Å². The summed E-state index contributed by atoms with van der Waals surface area (Å²) >= 11 is 1.29. The maximum Gasteiger partial charge on any atom is 0.282 e. The minimum atomic E-state index is -0.145. The molecule has 2 N–H and O–H groups in total. The minimum absolute atomic E-state index is 0.145. The van der Waals surface area contributed by atoms with Crippen LogP contribution in [0.15, 0.2) is 0 Å². The highest BCUT2D eigenvalue weighted by atomic mass is 32.1. The number of carbonyl (C=O) groups excluding carboxylic acids is 1. The van der Waals surface area contributed by atoms with E-state index in [0.29, 0.717) is 22.6 Å². The number of ether oxygens (including phenoxy) is 1. The van der Waals surface area contributed by atoms with Gasteiger partial charge in [-0.3, -0.25) is 4.79 Å². The monoisotopic (exact) mass is 298 g/mol. The van der Waals surface area contributed by atoms with Crippen LogP contribution in [0.4, 0.5) is 5.13 Å². The predicted molar refractivity (Wildman–Crippen MR) is 79.2 cm³/mol. The third-order valence-corrected chi connectivity index (χ3v) is 4.30. The Morgan fingerprint density at radius 2 is 2.30 bits per heavy atom. The molecule has 2 heterocycles. The van der Waals surface area contributed by atoms with Gasteiger partial charge in [0.05, 0.1) is 6.10 Å². The van der Waals surface area contributed by atoms with Gasteiger partial charge in [-0.15, -0.1) is 10.2 Å². The van der Waals surface area contributed by atoms with Crippen molar-refractivity contribution in [2.75, 3.05) is 25.0 Å². The zero-order valence-corrected chi connectivity index (χ0v) is 12.8. The first-order valence-electron chi connectivity index (χ1n) is 7.21. The van der Waals surface area contributed by atoms with Crippen LogP contribution in [0.5, 0.6) is 0 Å². The Balaban J connectivity index is 1.81. The van der Waals surface area contributed by atoms with Crippen molar-refractivity contribution < 1.29 is 9.53 Å². The molecule has 2 unspecified atom stereocenters. The van der Waals surface area contributed by atoms with Crippen LogP contribution in [-0.2, 0) is 4.74 Å². The van der Waals surface area contributed by atoms with Crippen LogP contribution >= 0.6 is 11.3 Å². The third kappa shape index (κ3) is 3.89. The van der Waals surface area contributed by atoms with Gasteiger partial charge in [0, 0.05) is 25.6 Å². The summed E-state index contributed by atoms with van der Waals surface area (Å²) in [5.41, 5.74) is 0. The highest BCUT2D eigenvalue weighted by molar-refractivity contribution is 7.17. The lowest BCUT2D eigenvalue weighted by molar-refractivity contribution is 0.0826. The molecule has 0 saturated carbocycles. The molecule has 112 valence electrons. The molecule has 0 bridgehead atoms. The van der Waals surface area contributed by atoms with Crippen molar-refractivity contribution in [3.05, 3.63) is 5.01 Å². The van der Waals surface area contributed by atoms with E-state index < -0.39 is 0 Å². The van der Waals surface area contributed by atoms with E-state index in [1.54, 1.807) is 0 Å². The summed E-state index contributed by atoms with van der Waals surface area (Å²) in [6.45, 7) is 6.47. The highest BCUT2D eigenvalue weighted by Gasteiger charge is 2.27. The van der Waals surface area contributed by atoms with E-state index >= 15 is 0 Å². The van der Waals surface area contributed by atoms with Crippen molar-refractivity contribution in [1.29, 1.82) is 0 Å². The van der Waals surface area contributed by atoms with Gasteiger partial charge in [-0.1, -0.05) is 25.2 Å². The maximum absolute atomic E-state index is 12.0. The number of rotatable bonds is 7. The molecule has 0 aliphatic carbocycles. The van der Waals surface area contributed by atoms with Crippen LogP contribution in [0.2, 0.25) is 0 Å². The first-order chi connectivity index (χ1) is 9.74. The molecule has 6 nitrogen and oxygen atoms in total. The van der Waals surface area contributed by atoms with Crippen molar-refractivity contribution in [2.45, 2.75) is 39.2 Å². The van der Waals surface area contributed by atoms with E-state index in [-0.39, 0.29) is 12.0 Å². The summed E-state index contributed by atoms with van der Waals surface area (Å²) in [6.07, 6.45) is 3.29. The summed E-state index contributed by atoms with van der Waals surface area (Å²) in [5.74, 6) is 0.267. The summed E-state index contributed by atoms with van der Waals surface area (Å²) in [5, 5.41) is 15.1. The molecule has 0 aromatic carbocycles. The van der Waals surface area contributed by atoms with E-state index in [0.717, 1.165) is 32.4 Å². The molecule has 1 aliphatic heterocycles. The number of nitrogens with one attached hydrogen (secondary N) is 2. The molecule has 0 radical (unpaired) electrons. The molecule has 20 heavy (non-hydrogen) atoms. The van der Waals surface area contributed by atoms with E-state index in [9.17, 15) is 4.79 Å². The molecule has 1 aromatic rings. The fourth-order valence-electron chi connectivity index (χ4n) is 2.30. The fourth-order valence-corrected chi connectivity index (χ4v) is 2.98. The van der Waals surface area contributed by atoms with Gasteiger partial charge in [0.1, 0.15) is 0 Å². The lowest BCUT2D eigenvalue weighted by Crippen LogP contribution is -2.32. The van der Waals surface area contributed by atoms with Crippen molar-refractivity contribution in [2.24, 2.45) is 5.92 Å². The number of aromatic nitrogens is 2. The highest BCUT2D eigenvalue weighted by Crippen LogP contribution is 2.22. The molecular weight excluding hydrogens is 276 g/mol. The number of anilines is 1. The first kappa shape index (κ1) is 15.2. The van der Waals surface area contributed by atoms with Gasteiger partial charge in [0.25, 0.3) is 5.91 Å². The normalized spacial score (nSPS) is 21.9. The van der Waals surface area contributed by atoms with Crippen LogP contribution in [0, 0.1) is 5.92 Å². The quantitative estimate of drug-likeness (QED) is 0.804. The molecular formula is C13H22N4O2S. The van der Waals surface area contributed by atoms with Gasteiger partial charge in [0.15, 0.2) is 0 Å². The van der Waals surface area contributed by atoms with E-state index in [1.807, 2.05) is 0 Å². The van der Waals surface area contributed by atoms with Gasteiger partial charge in [-0.25, -0.2) is 0 Å². The number of hydrogen-bond donors (Lipinski definition) is 2. The van der Waals surface area contributed by atoms with Gasteiger partial charge >= 0.3 is 0 Å². The van der Waals surface area contributed by atoms with Crippen LogP contribution in [0.1, 0.15) is 42.9 Å². The average molecular weight is 298 g/mol. The molecule has 2 rings (SSSR count). The smallest absolute Gasteiger partial charge is 0.282 e. The first-order valence-corrected chi connectivity index (χ1v) is 8.03. The second kappa shape index (κ2) is 7.54. The molecule has 1 aromatic heterocycles. The summed E-state index contributed by atoms with van der Waals surface area (Å²) in [4.78, 5) is 12.0. The molecule has 0 spiro atoms. The largest absolute Gasteiger partial charge is 0.378 e. The number of amides is 1. The molecule has 7 heteroatoms. The average Bonchev–Trinajstić information content (AvgIpc) is 3.11. The van der Waals surface area contributed by atoms with Gasteiger partial charge in [-0.2, -0.15) is 0 Å². The van der Waals surface area contributed by atoms with Crippen molar-refractivity contribution >= 4 is 22.4 Å². The Morgan fingerprint density at radius 1 is 1.45 bits per heavy atom. The molecule has 1 amide bonds. The molecule has 1 aliphatic rings. The zero-order chi connectivity index (χ0) is 14.4. The van der Waals surface area contributed by atoms with Crippen molar-refractivity contribution in [3.8, 4) is 0 Å². The molecule has 2 atom stereocenters. The summed E-state index contributed by atoms with van der Waals surface area (Å²) in [7, 11) is 0. The van der Waals surface area contributed by atoms with Crippen LogP contribution < -0.4 is 10.6 Å². The second-order valence-electron chi connectivity index (χ2n) is 4.92. The Kier molecular flexibility index (Phi) is 5.72. The lowest BCUT2D eigenvalue weighted by atomic mass is 10.00.